The summed E-state index contributed by atoms with van der Waals surface area (Å²) in [5.74, 6) is 0.845. The summed E-state index contributed by atoms with van der Waals surface area (Å²) in [4.78, 5) is 15.0. The van der Waals surface area contributed by atoms with Gasteiger partial charge in [0, 0.05) is 24.2 Å². The lowest BCUT2D eigenvalue weighted by atomic mass is 10.1. The van der Waals surface area contributed by atoms with Gasteiger partial charge in [0.05, 0.1) is 31.2 Å². The molecule has 3 rings (SSSR count). The number of carbonyl (C=O) groups is 1. The Morgan fingerprint density at radius 1 is 1.08 bits per heavy atom. The van der Waals surface area contributed by atoms with Crippen molar-refractivity contribution in [1.29, 1.82) is 0 Å². The van der Waals surface area contributed by atoms with E-state index in [4.69, 9.17) is 21.1 Å². The molecule has 2 aromatic rings. The molecule has 0 saturated carbocycles. The van der Waals surface area contributed by atoms with Gasteiger partial charge in [0.25, 0.3) is 5.91 Å². The van der Waals surface area contributed by atoms with Crippen LogP contribution in [-0.4, -0.2) is 33.2 Å². The molecule has 132 valence electrons. The number of methoxy groups -OCH3 is 2. The van der Waals surface area contributed by atoms with Gasteiger partial charge in [0.15, 0.2) is 0 Å². The third kappa shape index (κ3) is 3.82. The van der Waals surface area contributed by atoms with Crippen molar-refractivity contribution in [2.24, 2.45) is 0 Å². The van der Waals surface area contributed by atoms with Crippen LogP contribution >= 0.6 is 11.6 Å². The first kappa shape index (κ1) is 17.4. The molecule has 0 unspecified atom stereocenters. The molecule has 5 nitrogen and oxygen atoms in total. The lowest BCUT2D eigenvalue weighted by molar-refractivity contribution is 0.102. The molecule has 1 aliphatic rings. The number of ether oxygens (including phenoxy) is 2. The van der Waals surface area contributed by atoms with Crippen LogP contribution in [0.2, 0.25) is 5.02 Å². The molecule has 0 aliphatic carbocycles. The number of carbonyl (C=O) groups excluding carboxylic acids is 1. The summed E-state index contributed by atoms with van der Waals surface area (Å²) in [6.07, 6.45) is 2.31. The predicted molar refractivity (Wildman–Crippen MR) is 100 cm³/mol. The maximum absolute atomic E-state index is 12.8. The van der Waals surface area contributed by atoms with Crippen LogP contribution in [0.15, 0.2) is 36.4 Å². The molecular weight excluding hydrogens is 340 g/mol. The van der Waals surface area contributed by atoms with Crippen LogP contribution in [0.4, 0.5) is 11.4 Å². The molecule has 0 spiro atoms. The number of hydrogen-bond acceptors (Lipinski definition) is 4. The largest absolute Gasteiger partial charge is 0.497 e. The van der Waals surface area contributed by atoms with E-state index in [1.54, 1.807) is 31.4 Å². The van der Waals surface area contributed by atoms with Crippen molar-refractivity contribution in [3.63, 3.8) is 0 Å². The number of halogens is 1. The predicted octanol–water partition coefficient (Wildman–Crippen LogP) is 4.21. The monoisotopic (exact) mass is 360 g/mol. The van der Waals surface area contributed by atoms with Gasteiger partial charge in [-0.15, -0.1) is 0 Å². The minimum Gasteiger partial charge on any atom is -0.497 e. The van der Waals surface area contributed by atoms with Gasteiger partial charge >= 0.3 is 0 Å². The van der Waals surface area contributed by atoms with Crippen LogP contribution in [0.3, 0.4) is 0 Å². The molecule has 1 heterocycles. The highest BCUT2D eigenvalue weighted by atomic mass is 35.5. The van der Waals surface area contributed by atoms with Crippen molar-refractivity contribution in [3.05, 3.63) is 47.0 Å². The highest BCUT2D eigenvalue weighted by molar-refractivity contribution is 6.31. The van der Waals surface area contributed by atoms with E-state index in [0.29, 0.717) is 27.8 Å². The smallest absolute Gasteiger partial charge is 0.259 e. The fraction of sp³-hybridized carbons (Fsp3) is 0.316. The zero-order valence-corrected chi connectivity index (χ0v) is 15.1. The summed E-state index contributed by atoms with van der Waals surface area (Å²) in [5.41, 5.74) is 2.13. The lowest BCUT2D eigenvalue weighted by Gasteiger charge is -2.22. The van der Waals surface area contributed by atoms with E-state index in [0.717, 1.165) is 31.6 Å². The first-order chi connectivity index (χ1) is 12.1. The van der Waals surface area contributed by atoms with Crippen molar-refractivity contribution >= 4 is 28.9 Å². The van der Waals surface area contributed by atoms with E-state index in [9.17, 15) is 4.79 Å². The number of nitrogens with zero attached hydrogens (tertiary/aromatic N) is 1. The van der Waals surface area contributed by atoms with E-state index < -0.39 is 0 Å². The average Bonchev–Trinajstić information content (AvgIpc) is 3.15. The van der Waals surface area contributed by atoms with Gasteiger partial charge in [-0.05, 0) is 43.2 Å². The maximum atomic E-state index is 12.8. The van der Waals surface area contributed by atoms with Crippen LogP contribution in [0, 0.1) is 0 Å². The molecule has 1 fully saturated rings. The fourth-order valence-corrected chi connectivity index (χ4v) is 3.19. The van der Waals surface area contributed by atoms with Crippen LogP contribution in [0.5, 0.6) is 11.5 Å². The van der Waals surface area contributed by atoms with Gasteiger partial charge in [-0.3, -0.25) is 4.79 Å². The zero-order chi connectivity index (χ0) is 17.8. The highest BCUT2D eigenvalue weighted by Gasteiger charge is 2.19. The number of benzene rings is 2. The number of anilines is 2. The second-order valence-electron chi connectivity index (χ2n) is 5.88. The number of rotatable bonds is 5. The van der Waals surface area contributed by atoms with Crippen molar-refractivity contribution in [1.82, 2.24) is 0 Å². The lowest BCUT2D eigenvalue weighted by Crippen LogP contribution is -2.21. The normalized spacial score (nSPS) is 13.6. The van der Waals surface area contributed by atoms with Crippen molar-refractivity contribution in [3.8, 4) is 11.5 Å². The van der Waals surface area contributed by atoms with E-state index in [1.165, 1.54) is 7.11 Å². The van der Waals surface area contributed by atoms with Gasteiger partial charge < -0.3 is 19.7 Å². The molecule has 0 bridgehead atoms. The minimum atomic E-state index is -0.248. The standard InChI is InChI=1S/C19H21ClN2O3/c1-24-14-6-7-15(18(12-14)25-2)19(23)21-16-11-13(20)5-8-17(16)22-9-3-4-10-22/h5-8,11-12H,3-4,9-10H2,1-2H3,(H,21,23). The first-order valence-electron chi connectivity index (χ1n) is 8.20. The number of amides is 1. The van der Waals surface area contributed by atoms with Gasteiger partial charge in [-0.2, -0.15) is 0 Å². The third-order valence-electron chi connectivity index (χ3n) is 4.31. The molecule has 1 aliphatic heterocycles. The molecule has 1 N–H and O–H groups in total. The van der Waals surface area contributed by atoms with Gasteiger partial charge in [0.1, 0.15) is 11.5 Å². The Kier molecular flexibility index (Phi) is 5.34. The van der Waals surface area contributed by atoms with Crippen LogP contribution in [0.25, 0.3) is 0 Å². The first-order valence-corrected chi connectivity index (χ1v) is 8.58. The molecule has 6 heteroatoms. The van der Waals surface area contributed by atoms with Crippen LogP contribution < -0.4 is 19.7 Å². The molecule has 0 aromatic heterocycles. The summed E-state index contributed by atoms with van der Waals surface area (Å²) in [6, 6.07) is 10.7. The van der Waals surface area contributed by atoms with E-state index >= 15 is 0 Å². The number of nitrogens with one attached hydrogen (secondary N) is 1. The molecule has 1 amide bonds. The Morgan fingerprint density at radius 2 is 1.84 bits per heavy atom. The van der Waals surface area contributed by atoms with Gasteiger partial charge in [-0.25, -0.2) is 0 Å². The van der Waals surface area contributed by atoms with E-state index in [1.807, 2.05) is 12.1 Å². The van der Waals surface area contributed by atoms with Crippen molar-refractivity contribution < 1.29 is 14.3 Å². The molecule has 25 heavy (non-hydrogen) atoms. The second kappa shape index (κ2) is 7.66. The minimum absolute atomic E-state index is 0.248. The third-order valence-corrected chi connectivity index (χ3v) is 4.54. The Hall–Kier alpha value is -2.40. The van der Waals surface area contributed by atoms with Crippen molar-refractivity contribution in [2.75, 3.05) is 37.5 Å². The van der Waals surface area contributed by atoms with Crippen molar-refractivity contribution in [2.45, 2.75) is 12.8 Å². The molecule has 0 radical (unpaired) electrons. The summed E-state index contributed by atoms with van der Waals surface area (Å²) in [6.45, 7) is 1.96. The van der Waals surface area contributed by atoms with E-state index in [-0.39, 0.29) is 5.91 Å². The molecular formula is C19H21ClN2O3. The van der Waals surface area contributed by atoms with Gasteiger partial charge in [-0.1, -0.05) is 11.6 Å². The highest BCUT2D eigenvalue weighted by Crippen LogP contribution is 2.33. The molecule has 2 aromatic carbocycles. The number of hydrogen-bond donors (Lipinski definition) is 1. The Bertz CT molecular complexity index is 773. The molecule has 0 atom stereocenters. The summed E-state index contributed by atoms with van der Waals surface area (Å²) in [7, 11) is 3.10. The summed E-state index contributed by atoms with van der Waals surface area (Å²) in [5, 5.41) is 3.55. The molecule has 1 saturated heterocycles. The maximum Gasteiger partial charge on any atom is 0.259 e. The second-order valence-corrected chi connectivity index (χ2v) is 6.31. The average molecular weight is 361 g/mol. The summed E-state index contributed by atoms with van der Waals surface area (Å²) < 4.78 is 10.5. The van der Waals surface area contributed by atoms with Crippen LogP contribution in [-0.2, 0) is 0 Å². The van der Waals surface area contributed by atoms with E-state index in [2.05, 4.69) is 10.2 Å². The Morgan fingerprint density at radius 3 is 2.52 bits per heavy atom. The topological polar surface area (TPSA) is 50.8 Å². The van der Waals surface area contributed by atoms with Gasteiger partial charge in [0.2, 0.25) is 0 Å². The zero-order valence-electron chi connectivity index (χ0n) is 14.3. The summed E-state index contributed by atoms with van der Waals surface area (Å²) >= 11 is 6.14. The fourth-order valence-electron chi connectivity index (χ4n) is 3.02. The Labute approximate surface area is 152 Å². The SMILES string of the molecule is COc1ccc(C(=O)Nc2cc(Cl)ccc2N2CCCC2)c(OC)c1. The quantitative estimate of drug-likeness (QED) is 0.867. The van der Waals surface area contributed by atoms with Crippen LogP contribution in [0.1, 0.15) is 23.2 Å². The Balaban J connectivity index is 1.89.